The summed E-state index contributed by atoms with van der Waals surface area (Å²) >= 11 is 0. The van der Waals surface area contributed by atoms with Crippen molar-refractivity contribution in [1.82, 2.24) is 0 Å². The summed E-state index contributed by atoms with van der Waals surface area (Å²) in [5.74, 6) is 0. The summed E-state index contributed by atoms with van der Waals surface area (Å²) in [6.45, 7) is 7.74. The number of rotatable bonds is 8. The van der Waals surface area contributed by atoms with Crippen LogP contribution in [-0.4, -0.2) is 19.8 Å². The Bertz CT molecular complexity index is 766. The molecule has 0 unspecified atom stereocenters. The molecule has 4 nitrogen and oxygen atoms in total. The number of ether oxygens (including phenoxy) is 2. The molecule has 0 spiro atoms. The van der Waals surface area contributed by atoms with Gasteiger partial charge in [0.05, 0.1) is 26.0 Å². The number of hydrogen-bond acceptors (Lipinski definition) is 3. The van der Waals surface area contributed by atoms with E-state index in [2.05, 4.69) is 44.3 Å². The number of carbonyl (C=O) groups is 1. The van der Waals surface area contributed by atoms with E-state index in [4.69, 9.17) is 9.47 Å². The molecular weight excluding hydrogens is 338 g/mol. The summed E-state index contributed by atoms with van der Waals surface area (Å²) in [6.07, 6.45) is 2.61. The molecule has 0 aliphatic rings. The predicted octanol–water partition coefficient (Wildman–Crippen LogP) is 5.90. The first kappa shape index (κ1) is 20.7. The molecule has 0 fully saturated rings. The van der Waals surface area contributed by atoms with Crippen LogP contribution in [0.4, 0.5) is 10.5 Å². The highest BCUT2D eigenvalue weighted by Gasteiger charge is 2.17. The molecule has 144 valence electrons. The monoisotopic (exact) mass is 367 g/mol. The van der Waals surface area contributed by atoms with E-state index < -0.39 is 6.09 Å². The average molecular weight is 367 g/mol. The molecule has 1 amide bonds. The van der Waals surface area contributed by atoms with Crippen molar-refractivity contribution in [3.63, 3.8) is 0 Å². The summed E-state index contributed by atoms with van der Waals surface area (Å²) in [7, 11) is 1.36. The molecule has 0 bridgehead atoms. The summed E-state index contributed by atoms with van der Waals surface area (Å²) in [6, 6.07) is 17.9. The van der Waals surface area contributed by atoms with Crippen LogP contribution in [0.3, 0.4) is 0 Å². The molecule has 0 saturated heterocycles. The second-order valence-corrected chi connectivity index (χ2v) is 7.40. The van der Waals surface area contributed by atoms with Crippen molar-refractivity contribution >= 4 is 17.4 Å². The third-order valence-electron chi connectivity index (χ3n) is 4.34. The van der Waals surface area contributed by atoms with Crippen molar-refractivity contribution in [3.05, 3.63) is 71.8 Å². The molecule has 0 radical (unpaired) electrons. The van der Waals surface area contributed by atoms with Gasteiger partial charge in [-0.05, 0) is 36.0 Å². The quantitative estimate of drug-likeness (QED) is 0.632. The number of benzene rings is 2. The Balaban J connectivity index is 1.96. The Kier molecular flexibility index (Phi) is 7.62. The van der Waals surface area contributed by atoms with Crippen LogP contribution in [-0.2, 0) is 16.1 Å². The van der Waals surface area contributed by atoms with E-state index >= 15 is 0 Å². The lowest BCUT2D eigenvalue weighted by atomic mass is 9.88. The van der Waals surface area contributed by atoms with Gasteiger partial charge in [0.1, 0.15) is 0 Å². The van der Waals surface area contributed by atoms with Crippen molar-refractivity contribution in [2.24, 2.45) is 5.41 Å². The van der Waals surface area contributed by atoms with Gasteiger partial charge in [-0.25, -0.2) is 4.79 Å². The number of nitrogens with one attached hydrogen (secondary N) is 1. The second kappa shape index (κ2) is 9.93. The highest BCUT2D eigenvalue weighted by Crippen LogP contribution is 2.28. The van der Waals surface area contributed by atoms with Crippen LogP contribution >= 0.6 is 0 Å². The third-order valence-corrected chi connectivity index (χ3v) is 4.34. The fourth-order valence-corrected chi connectivity index (χ4v) is 2.71. The minimum atomic E-state index is -0.468. The summed E-state index contributed by atoms with van der Waals surface area (Å²) in [5, 5.41) is 2.76. The highest BCUT2D eigenvalue weighted by molar-refractivity contribution is 5.89. The normalized spacial score (nSPS) is 11.9. The molecule has 2 rings (SSSR count). The second-order valence-electron chi connectivity index (χ2n) is 7.40. The number of amides is 1. The lowest BCUT2D eigenvalue weighted by Gasteiger charge is -2.23. The number of carbonyl (C=O) groups excluding carboxylic acids is 1. The summed E-state index contributed by atoms with van der Waals surface area (Å²) in [4.78, 5) is 11.5. The van der Waals surface area contributed by atoms with Crippen LogP contribution in [0.25, 0.3) is 5.57 Å². The summed E-state index contributed by atoms with van der Waals surface area (Å²) in [5.41, 5.74) is 4.04. The minimum Gasteiger partial charge on any atom is -0.453 e. The SMILES string of the molecule is COC(=O)Nc1ccccc1/C(C)=C/CC(C)(C)COCc1ccccc1. The molecule has 0 atom stereocenters. The Morgan fingerprint density at radius 3 is 2.44 bits per heavy atom. The Hall–Kier alpha value is -2.59. The molecule has 0 heterocycles. The maximum Gasteiger partial charge on any atom is 0.411 e. The molecule has 0 aromatic heterocycles. The third kappa shape index (κ3) is 6.91. The maximum absolute atomic E-state index is 11.5. The zero-order chi connectivity index (χ0) is 19.7. The molecule has 27 heavy (non-hydrogen) atoms. The van der Waals surface area contributed by atoms with Gasteiger partial charge in [-0.15, -0.1) is 0 Å². The molecule has 4 heteroatoms. The van der Waals surface area contributed by atoms with Gasteiger partial charge in [0.2, 0.25) is 0 Å². The van der Waals surface area contributed by atoms with Crippen molar-refractivity contribution in [1.29, 1.82) is 0 Å². The zero-order valence-corrected chi connectivity index (χ0v) is 16.6. The topological polar surface area (TPSA) is 47.6 Å². The number of hydrogen-bond donors (Lipinski definition) is 1. The van der Waals surface area contributed by atoms with E-state index in [1.807, 2.05) is 42.5 Å². The first-order valence-corrected chi connectivity index (χ1v) is 9.14. The average Bonchev–Trinajstić information content (AvgIpc) is 2.67. The van der Waals surface area contributed by atoms with Crippen LogP contribution in [0.5, 0.6) is 0 Å². The lowest BCUT2D eigenvalue weighted by Crippen LogP contribution is -2.18. The van der Waals surface area contributed by atoms with Crippen LogP contribution in [0.15, 0.2) is 60.7 Å². The Morgan fingerprint density at radius 2 is 1.74 bits per heavy atom. The smallest absolute Gasteiger partial charge is 0.411 e. The van der Waals surface area contributed by atoms with Gasteiger partial charge in [-0.2, -0.15) is 0 Å². The zero-order valence-electron chi connectivity index (χ0n) is 16.6. The number of allylic oxidation sites excluding steroid dienone is 2. The van der Waals surface area contributed by atoms with Crippen molar-refractivity contribution in [2.75, 3.05) is 19.0 Å². The Morgan fingerprint density at radius 1 is 1.07 bits per heavy atom. The minimum absolute atomic E-state index is 0.0146. The molecule has 0 aliphatic carbocycles. The van der Waals surface area contributed by atoms with E-state index in [1.54, 1.807) is 0 Å². The van der Waals surface area contributed by atoms with Gasteiger partial charge in [0.15, 0.2) is 0 Å². The number of anilines is 1. The molecular formula is C23H29NO3. The fourth-order valence-electron chi connectivity index (χ4n) is 2.71. The first-order valence-electron chi connectivity index (χ1n) is 9.14. The Labute approximate surface area is 162 Å². The van der Waals surface area contributed by atoms with Gasteiger partial charge < -0.3 is 9.47 Å². The first-order chi connectivity index (χ1) is 12.9. The van der Waals surface area contributed by atoms with E-state index in [1.165, 1.54) is 12.7 Å². The van der Waals surface area contributed by atoms with Crippen molar-refractivity contribution in [3.8, 4) is 0 Å². The van der Waals surface area contributed by atoms with Crippen LogP contribution in [0.2, 0.25) is 0 Å². The highest BCUT2D eigenvalue weighted by atomic mass is 16.5. The van der Waals surface area contributed by atoms with Gasteiger partial charge in [0, 0.05) is 5.56 Å². The number of para-hydroxylation sites is 1. The van der Waals surface area contributed by atoms with Crippen LogP contribution in [0, 0.1) is 5.41 Å². The summed E-state index contributed by atoms with van der Waals surface area (Å²) < 4.78 is 10.6. The van der Waals surface area contributed by atoms with Crippen molar-refractivity contribution in [2.45, 2.75) is 33.8 Å². The number of methoxy groups -OCH3 is 1. The maximum atomic E-state index is 11.5. The molecule has 1 N–H and O–H groups in total. The van der Waals surface area contributed by atoms with Gasteiger partial charge in [-0.3, -0.25) is 5.32 Å². The predicted molar refractivity (Wildman–Crippen MR) is 111 cm³/mol. The van der Waals surface area contributed by atoms with Crippen LogP contribution < -0.4 is 5.32 Å². The van der Waals surface area contributed by atoms with Crippen LogP contribution in [0.1, 0.15) is 38.3 Å². The van der Waals surface area contributed by atoms with E-state index in [9.17, 15) is 4.79 Å². The molecule has 0 aliphatic heterocycles. The van der Waals surface area contributed by atoms with E-state index in [0.717, 1.165) is 23.2 Å². The van der Waals surface area contributed by atoms with Gasteiger partial charge in [-0.1, -0.05) is 68.5 Å². The van der Waals surface area contributed by atoms with E-state index in [0.29, 0.717) is 13.2 Å². The molecule has 0 saturated carbocycles. The van der Waals surface area contributed by atoms with Gasteiger partial charge >= 0.3 is 6.09 Å². The largest absolute Gasteiger partial charge is 0.453 e. The lowest BCUT2D eigenvalue weighted by molar-refractivity contribution is 0.0527. The van der Waals surface area contributed by atoms with E-state index in [-0.39, 0.29) is 5.41 Å². The van der Waals surface area contributed by atoms with Gasteiger partial charge in [0.25, 0.3) is 0 Å². The molecule has 2 aromatic rings. The molecule has 2 aromatic carbocycles. The standard InChI is InChI=1S/C23H29NO3/c1-18(20-12-8-9-13-21(20)24-22(25)26-4)14-15-23(2,3)17-27-16-19-10-6-5-7-11-19/h5-14H,15-17H2,1-4H3,(H,24,25)/b18-14+. The van der Waals surface area contributed by atoms with Crippen molar-refractivity contribution < 1.29 is 14.3 Å². The fraction of sp³-hybridized carbons (Fsp3) is 0.348.